The van der Waals surface area contributed by atoms with Crippen molar-refractivity contribution in [2.75, 3.05) is 7.11 Å². The first-order valence-corrected chi connectivity index (χ1v) is 6.57. The Morgan fingerprint density at radius 2 is 1.90 bits per heavy atom. The summed E-state index contributed by atoms with van der Waals surface area (Å²) in [6.45, 7) is 0. The number of halogens is 3. The number of carbonyl (C=O) groups excluding carboxylic acids is 1. The molecule has 104 valence electrons. The second-order valence-electron chi connectivity index (χ2n) is 4.20. The summed E-state index contributed by atoms with van der Waals surface area (Å²) < 4.78 is 18.1. The molecule has 0 aliphatic rings. The summed E-state index contributed by atoms with van der Waals surface area (Å²) in [6, 6.07) is 9.03. The Morgan fingerprint density at radius 3 is 2.55 bits per heavy atom. The van der Waals surface area contributed by atoms with E-state index in [4.69, 9.17) is 27.9 Å². The fourth-order valence-corrected chi connectivity index (χ4v) is 2.09. The molecule has 0 unspecified atom stereocenters. The third kappa shape index (κ3) is 3.30. The van der Waals surface area contributed by atoms with Gasteiger partial charge in [0.2, 0.25) is 0 Å². The van der Waals surface area contributed by atoms with Gasteiger partial charge in [-0.3, -0.25) is 4.79 Å². The highest BCUT2D eigenvalue weighted by molar-refractivity contribution is 6.42. The van der Waals surface area contributed by atoms with E-state index in [-0.39, 0.29) is 18.0 Å². The highest BCUT2D eigenvalue weighted by Gasteiger charge is 2.11. The van der Waals surface area contributed by atoms with Gasteiger partial charge in [0.15, 0.2) is 17.3 Å². The quantitative estimate of drug-likeness (QED) is 0.773. The van der Waals surface area contributed by atoms with Crippen molar-refractivity contribution in [3.05, 3.63) is 63.4 Å². The molecule has 0 atom stereocenters. The van der Waals surface area contributed by atoms with Crippen LogP contribution in [0.15, 0.2) is 36.4 Å². The van der Waals surface area contributed by atoms with Crippen LogP contribution in [0, 0.1) is 5.82 Å². The molecule has 0 saturated carbocycles. The minimum Gasteiger partial charge on any atom is -0.494 e. The Balaban J connectivity index is 2.21. The van der Waals surface area contributed by atoms with Crippen LogP contribution < -0.4 is 4.74 Å². The molecule has 0 radical (unpaired) electrons. The Hall–Kier alpha value is -1.58. The fourth-order valence-electron chi connectivity index (χ4n) is 1.77. The van der Waals surface area contributed by atoms with Gasteiger partial charge in [0, 0.05) is 12.0 Å². The number of hydrogen-bond acceptors (Lipinski definition) is 2. The van der Waals surface area contributed by atoms with E-state index in [1.165, 1.54) is 25.3 Å². The van der Waals surface area contributed by atoms with Crippen molar-refractivity contribution in [1.82, 2.24) is 0 Å². The molecule has 20 heavy (non-hydrogen) atoms. The summed E-state index contributed by atoms with van der Waals surface area (Å²) >= 11 is 11.7. The van der Waals surface area contributed by atoms with Crippen molar-refractivity contribution >= 4 is 29.0 Å². The smallest absolute Gasteiger partial charge is 0.167 e. The molecule has 0 bridgehead atoms. The van der Waals surface area contributed by atoms with Crippen LogP contribution in [0.25, 0.3) is 0 Å². The van der Waals surface area contributed by atoms with Gasteiger partial charge in [-0.15, -0.1) is 0 Å². The summed E-state index contributed by atoms with van der Waals surface area (Å²) in [5, 5.41) is 0.833. The summed E-state index contributed by atoms with van der Waals surface area (Å²) in [5.41, 5.74) is 1.13. The molecule has 0 saturated heterocycles. The number of rotatable bonds is 4. The second kappa shape index (κ2) is 6.25. The number of ether oxygens (including phenoxy) is 1. The van der Waals surface area contributed by atoms with Crippen molar-refractivity contribution in [1.29, 1.82) is 0 Å². The molecule has 0 N–H and O–H groups in total. The van der Waals surface area contributed by atoms with E-state index in [9.17, 15) is 9.18 Å². The van der Waals surface area contributed by atoms with Gasteiger partial charge in [0.25, 0.3) is 0 Å². The predicted octanol–water partition coefficient (Wildman–Crippen LogP) is 4.57. The number of ketones is 1. The van der Waals surface area contributed by atoms with E-state index in [1.54, 1.807) is 18.2 Å². The third-order valence-corrected chi connectivity index (χ3v) is 3.56. The van der Waals surface area contributed by atoms with Crippen molar-refractivity contribution in [2.45, 2.75) is 6.42 Å². The zero-order valence-electron chi connectivity index (χ0n) is 10.6. The lowest BCUT2D eigenvalue weighted by molar-refractivity contribution is 0.0992. The first-order chi connectivity index (χ1) is 9.51. The first-order valence-electron chi connectivity index (χ1n) is 5.82. The summed E-state index contributed by atoms with van der Waals surface area (Å²) in [6.07, 6.45) is 0.158. The lowest BCUT2D eigenvalue weighted by Gasteiger charge is -2.06. The molecule has 5 heteroatoms. The van der Waals surface area contributed by atoms with Crippen LogP contribution in [-0.2, 0) is 6.42 Å². The Kier molecular flexibility index (Phi) is 4.63. The number of benzene rings is 2. The molecule has 2 nitrogen and oxygen atoms in total. The van der Waals surface area contributed by atoms with Crippen molar-refractivity contribution in [3.8, 4) is 5.75 Å². The average Bonchev–Trinajstić information content (AvgIpc) is 2.43. The minimum absolute atomic E-state index is 0.0463. The first kappa shape index (κ1) is 14.8. The highest BCUT2D eigenvalue weighted by Crippen LogP contribution is 2.24. The molecule has 0 aromatic heterocycles. The van der Waals surface area contributed by atoms with Crippen molar-refractivity contribution in [3.63, 3.8) is 0 Å². The van der Waals surface area contributed by atoms with Gasteiger partial charge in [0.05, 0.1) is 17.2 Å². The SMILES string of the molecule is COc1cc(C(=O)Cc2ccc(Cl)c(Cl)c2)ccc1F. The number of methoxy groups -OCH3 is 1. The largest absolute Gasteiger partial charge is 0.494 e. The maximum atomic E-state index is 13.3. The van der Waals surface area contributed by atoms with Crippen LogP contribution in [0.2, 0.25) is 10.0 Å². The van der Waals surface area contributed by atoms with E-state index in [2.05, 4.69) is 0 Å². The second-order valence-corrected chi connectivity index (χ2v) is 5.01. The van der Waals surface area contributed by atoms with Gasteiger partial charge >= 0.3 is 0 Å². The number of carbonyl (C=O) groups is 1. The maximum Gasteiger partial charge on any atom is 0.167 e. The van der Waals surface area contributed by atoms with Crippen LogP contribution in [0.5, 0.6) is 5.75 Å². The predicted molar refractivity (Wildman–Crippen MR) is 77.4 cm³/mol. The highest BCUT2D eigenvalue weighted by atomic mass is 35.5. The number of hydrogen-bond donors (Lipinski definition) is 0. The molecule has 0 aliphatic heterocycles. The van der Waals surface area contributed by atoms with Crippen LogP contribution in [0.1, 0.15) is 15.9 Å². The standard InChI is InChI=1S/C15H11Cl2FO2/c1-20-15-8-10(3-5-13(15)18)14(19)7-9-2-4-11(16)12(17)6-9/h2-6,8H,7H2,1H3. The molecule has 2 aromatic rings. The molecule has 0 heterocycles. The molecule has 2 rings (SSSR count). The van der Waals surface area contributed by atoms with Crippen LogP contribution >= 0.6 is 23.2 Å². The Bertz CT molecular complexity index is 656. The van der Waals surface area contributed by atoms with Crippen LogP contribution in [0.3, 0.4) is 0 Å². The summed E-state index contributed by atoms with van der Waals surface area (Å²) in [7, 11) is 1.35. The minimum atomic E-state index is -0.501. The van der Waals surface area contributed by atoms with E-state index < -0.39 is 5.82 Å². The molecular formula is C15H11Cl2FO2. The Labute approximate surface area is 126 Å². The molecule has 2 aromatic carbocycles. The van der Waals surface area contributed by atoms with Gasteiger partial charge in [-0.2, -0.15) is 0 Å². The van der Waals surface area contributed by atoms with Crippen LogP contribution in [0.4, 0.5) is 4.39 Å². The molecule has 0 spiro atoms. The van der Waals surface area contributed by atoms with Gasteiger partial charge in [-0.1, -0.05) is 29.3 Å². The molecule has 0 amide bonds. The summed E-state index contributed by atoms with van der Waals surface area (Å²) in [5.74, 6) is -0.606. The van der Waals surface area contributed by atoms with Crippen LogP contribution in [-0.4, -0.2) is 12.9 Å². The maximum absolute atomic E-state index is 13.3. The number of Topliss-reactive ketones (excluding diaryl/α,β-unsaturated/α-hetero) is 1. The lowest BCUT2D eigenvalue weighted by atomic mass is 10.0. The van der Waals surface area contributed by atoms with E-state index in [0.29, 0.717) is 15.6 Å². The van der Waals surface area contributed by atoms with Crippen molar-refractivity contribution < 1.29 is 13.9 Å². The Morgan fingerprint density at radius 1 is 1.15 bits per heavy atom. The molecule has 0 aliphatic carbocycles. The van der Waals surface area contributed by atoms with E-state index in [1.807, 2.05) is 0 Å². The van der Waals surface area contributed by atoms with Gasteiger partial charge in [-0.05, 0) is 35.9 Å². The molecular weight excluding hydrogens is 302 g/mol. The zero-order chi connectivity index (χ0) is 14.7. The lowest BCUT2D eigenvalue weighted by Crippen LogP contribution is -2.04. The van der Waals surface area contributed by atoms with E-state index >= 15 is 0 Å². The van der Waals surface area contributed by atoms with Gasteiger partial charge in [0.1, 0.15) is 0 Å². The zero-order valence-corrected chi connectivity index (χ0v) is 12.1. The molecule has 0 fully saturated rings. The van der Waals surface area contributed by atoms with Crippen molar-refractivity contribution in [2.24, 2.45) is 0 Å². The fraction of sp³-hybridized carbons (Fsp3) is 0.133. The third-order valence-electron chi connectivity index (χ3n) is 2.82. The monoisotopic (exact) mass is 312 g/mol. The average molecular weight is 313 g/mol. The topological polar surface area (TPSA) is 26.3 Å². The van der Waals surface area contributed by atoms with Gasteiger partial charge in [-0.25, -0.2) is 4.39 Å². The van der Waals surface area contributed by atoms with Gasteiger partial charge < -0.3 is 4.74 Å². The summed E-state index contributed by atoms with van der Waals surface area (Å²) in [4.78, 5) is 12.1. The van der Waals surface area contributed by atoms with E-state index in [0.717, 1.165) is 5.56 Å². The normalized spacial score (nSPS) is 10.4.